The van der Waals surface area contributed by atoms with E-state index in [1.165, 1.54) is 7.11 Å². The molecule has 3 atom stereocenters. The molecule has 0 radical (unpaired) electrons. The molecule has 11 heteroatoms. The van der Waals surface area contributed by atoms with E-state index in [4.69, 9.17) is 14.6 Å². The molecular weight excluding hydrogens is 476 g/mol. The van der Waals surface area contributed by atoms with Crippen molar-refractivity contribution in [2.45, 2.75) is 63.9 Å². The highest BCUT2D eigenvalue weighted by atomic mass is 16.5. The quantitative estimate of drug-likeness (QED) is 0.437. The van der Waals surface area contributed by atoms with Gasteiger partial charge in [0, 0.05) is 44.5 Å². The third-order valence-electron chi connectivity index (χ3n) is 6.88. The molecule has 0 bridgehead atoms. The predicted molar refractivity (Wildman–Crippen MR) is 137 cm³/mol. The monoisotopic (exact) mass is 514 g/mol. The summed E-state index contributed by atoms with van der Waals surface area (Å²) in [6.07, 6.45) is 3.40. The van der Waals surface area contributed by atoms with E-state index in [0.717, 1.165) is 35.5 Å². The molecular formula is C26H38N6O5. The zero-order chi connectivity index (χ0) is 26.4. The molecule has 4 rings (SSSR count). The number of aromatic nitrogens is 3. The number of hydrogen-bond acceptors (Lipinski definition) is 8. The second-order valence-corrected chi connectivity index (χ2v) is 9.60. The molecule has 2 amide bonds. The van der Waals surface area contributed by atoms with E-state index in [1.807, 2.05) is 41.6 Å². The molecule has 2 N–H and O–H groups in total. The van der Waals surface area contributed by atoms with E-state index in [1.54, 1.807) is 13.3 Å². The van der Waals surface area contributed by atoms with Crippen LogP contribution in [0.15, 0.2) is 24.4 Å². The Morgan fingerprint density at radius 1 is 1.32 bits per heavy atom. The van der Waals surface area contributed by atoms with Crippen molar-refractivity contribution in [1.29, 1.82) is 0 Å². The fraction of sp³-hybridized carbons (Fsp3) is 0.615. The van der Waals surface area contributed by atoms with Crippen LogP contribution >= 0.6 is 0 Å². The average molecular weight is 515 g/mol. The number of morpholine rings is 1. The Balaban J connectivity index is 1.55. The highest BCUT2D eigenvalue weighted by Gasteiger charge is 2.42. The summed E-state index contributed by atoms with van der Waals surface area (Å²) in [6, 6.07) is 5.85. The van der Waals surface area contributed by atoms with Crippen LogP contribution in [0.4, 0.5) is 4.79 Å². The van der Waals surface area contributed by atoms with E-state index in [0.29, 0.717) is 39.3 Å². The number of carbonyl (C=O) groups excluding carboxylic acids is 2. The second-order valence-electron chi connectivity index (χ2n) is 9.60. The first-order valence-corrected chi connectivity index (χ1v) is 12.9. The van der Waals surface area contributed by atoms with E-state index < -0.39 is 12.2 Å². The molecule has 0 aromatic carbocycles. The predicted octanol–water partition coefficient (Wildman–Crippen LogP) is 2.06. The number of amides is 2. The van der Waals surface area contributed by atoms with Crippen molar-refractivity contribution in [3.05, 3.63) is 35.7 Å². The lowest BCUT2D eigenvalue weighted by Gasteiger charge is -2.35. The van der Waals surface area contributed by atoms with Crippen molar-refractivity contribution >= 4 is 12.0 Å². The van der Waals surface area contributed by atoms with Crippen LogP contribution in [0, 0.1) is 6.92 Å². The summed E-state index contributed by atoms with van der Waals surface area (Å²) in [5, 5.41) is 11.1. The van der Waals surface area contributed by atoms with Crippen LogP contribution in [0.25, 0.3) is 11.4 Å². The number of nitrogens with zero attached hydrogens (tertiary/aromatic N) is 4. The number of rotatable bonds is 11. The molecule has 1 aliphatic carbocycles. The smallest absolute Gasteiger partial charge is 0.406 e. The maximum atomic E-state index is 13.7. The number of aryl methyl sites for hydroxylation is 1. The van der Waals surface area contributed by atoms with Crippen molar-refractivity contribution in [2.75, 3.05) is 40.5 Å². The third-order valence-corrected chi connectivity index (χ3v) is 6.88. The Labute approximate surface area is 217 Å². The molecule has 2 fully saturated rings. The van der Waals surface area contributed by atoms with Crippen LogP contribution in [-0.2, 0) is 25.5 Å². The summed E-state index contributed by atoms with van der Waals surface area (Å²) in [5.41, 5.74) is 3.58. The van der Waals surface area contributed by atoms with Crippen LogP contribution < -0.4 is 10.6 Å². The summed E-state index contributed by atoms with van der Waals surface area (Å²) >= 11 is 0. The molecule has 11 nitrogen and oxygen atoms in total. The zero-order valence-corrected chi connectivity index (χ0v) is 22.1. The number of alkyl carbamates (subject to hydrolysis) is 1. The van der Waals surface area contributed by atoms with Crippen LogP contribution in [0.3, 0.4) is 0 Å². The number of nitrogens with one attached hydrogen (secondary N) is 2. The van der Waals surface area contributed by atoms with E-state index in [2.05, 4.69) is 20.4 Å². The lowest BCUT2D eigenvalue weighted by atomic mass is 10.0. The van der Waals surface area contributed by atoms with Crippen molar-refractivity contribution in [3.63, 3.8) is 0 Å². The van der Waals surface area contributed by atoms with Crippen molar-refractivity contribution < 1.29 is 23.8 Å². The van der Waals surface area contributed by atoms with E-state index in [9.17, 15) is 9.59 Å². The number of ether oxygens (including phenoxy) is 3. The molecule has 1 aliphatic heterocycles. The Bertz CT molecular complexity index is 1050. The largest absolute Gasteiger partial charge is 0.453 e. The standard InChI is InChI=1S/C26H38N6O5/c1-17-23(18(2)32(20-9-10-20)25(33)22-14-29-19(15-35-3)16-37-22)30-31(13-7-12-28-26(34)36-4)24(17)21-8-5-6-11-27-21/h5-6,8,11,18-20,22,29H,7,9-10,12-16H2,1-4H3,(H,28,34)/t18-,19-,22+/m0/s1. The molecule has 3 heterocycles. The molecule has 37 heavy (non-hydrogen) atoms. The van der Waals surface area contributed by atoms with E-state index >= 15 is 0 Å². The SMILES string of the molecule is COC[C@H]1CO[C@@H](C(=O)N(C2CC2)[C@@H](C)c2nn(CCCNC(=O)OC)c(-c3ccccn3)c2C)CN1. The van der Waals surface area contributed by atoms with E-state index in [-0.39, 0.29) is 24.0 Å². The number of methoxy groups -OCH3 is 2. The van der Waals surface area contributed by atoms with Crippen LogP contribution in [0.1, 0.15) is 43.5 Å². The van der Waals surface area contributed by atoms with Gasteiger partial charge in [-0.25, -0.2) is 4.79 Å². The Morgan fingerprint density at radius 2 is 2.14 bits per heavy atom. The molecule has 2 aromatic heterocycles. The van der Waals surface area contributed by atoms with Crippen molar-refractivity contribution in [1.82, 2.24) is 30.3 Å². The van der Waals surface area contributed by atoms with Crippen molar-refractivity contribution in [3.8, 4) is 11.4 Å². The molecule has 2 aliphatic rings. The van der Waals surface area contributed by atoms with Gasteiger partial charge < -0.3 is 29.7 Å². The van der Waals surface area contributed by atoms with Crippen LogP contribution in [-0.4, -0.2) is 90.4 Å². The highest BCUT2D eigenvalue weighted by molar-refractivity contribution is 5.82. The molecule has 0 spiro atoms. The number of pyridine rings is 1. The Morgan fingerprint density at radius 3 is 2.76 bits per heavy atom. The number of carbonyl (C=O) groups is 2. The summed E-state index contributed by atoms with van der Waals surface area (Å²) in [4.78, 5) is 31.6. The Kier molecular flexibility index (Phi) is 9.12. The molecule has 0 unspecified atom stereocenters. The van der Waals surface area contributed by atoms with Gasteiger partial charge in [0.25, 0.3) is 5.91 Å². The maximum absolute atomic E-state index is 13.7. The van der Waals surface area contributed by atoms with Gasteiger partial charge in [-0.15, -0.1) is 0 Å². The molecule has 202 valence electrons. The minimum atomic E-state index is -0.529. The second kappa shape index (κ2) is 12.5. The van der Waals surface area contributed by atoms with Gasteiger partial charge in [-0.05, 0) is 45.2 Å². The van der Waals surface area contributed by atoms with Gasteiger partial charge in [0.15, 0.2) is 0 Å². The van der Waals surface area contributed by atoms with Crippen LogP contribution in [0.2, 0.25) is 0 Å². The van der Waals surface area contributed by atoms with Gasteiger partial charge in [-0.1, -0.05) is 6.07 Å². The van der Waals surface area contributed by atoms with Gasteiger partial charge in [-0.2, -0.15) is 5.10 Å². The summed E-state index contributed by atoms with van der Waals surface area (Å²) in [6.45, 7) is 6.57. The summed E-state index contributed by atoms with van der Waals surface area (Å²) in [5.74, 6) is -0.00557. The lowest BCUT2D eigenvalue weighted by molar-refractivity contribution is -0.150. The van der Waals surface area contributed by atoms with Crippen molar-refractivity contribution in [2.24, 2.45) is 0 Å². The average Bonchev–Trinajstić information content (AvgIpc) is 3.69. The normalized spacial score (nSPS) is 20.3. The lowest BCUT2D eigenvalue weighted by Crippen LogP contribution is -2.55. The number of hydrogen-bond donors (Lipinski definition) is 2. The fourth-order valence-corrected chi connectivity index (χ4v) is 4.88. The maximum Gasteiger partial charge on any atom is 0.406 e. The van der Waals surface area contributed by atoms with Gasteiger partial charge in [0.2, 0.25) is 0 Å². The van der Waals surface area contributed by atoms with Gasteiger partial charge in [-0.3, -0.25) is 14.5 Å². The van der Waals surface area contributed by atoms with Gasteiger partial charge >= 0.3 is 6.09 Å². The van der Waals surface area contributed by atoms with Gasteiger partial charge in [0.05, 0.1) is 49.5 Å². The third kappa shape index (κ3) is 6.46. The molecule has 1 saturated carbocycles. The minimum absolute atomic E-state index is 0.00557. The first kappa shape index (κ1) is 27.0. The first-order valence-electron chi connectivity index (χ1n) is 12.9. The van der Waals surface area contributed by atoms with Gasteiger partial charge in [0.1, 0.15) is 6.10 Å². The summed E-state index contributed by atoms with van der Waals surface area (Å²) in [7, 11) is 3.00. The first-order chi connectivity index (χ1) is 17.9. The molecule has 1 saturated heterocycles. The summed E-state index contributed by atoms with van der Waals surface area (Å²) < 4.78 is 17.8. The highest BCUT2D eigenvalue weighted by Crippen LogP contribution is 2.37. The Hall–Kier alpha value is -3.02. The molecule has 2 aromatic rings. The topological polar surface area (TPSA) is 120 Å². The van der Waals surface area contributed by atoms with Crippen LogP contribution in [0.5, 0.6) is 0 Å². The zero-order valence-electron chi connectivity index (χ0n) is 22.1. The fourth-order valence-electron chi connectivity index (χ4n) is 4.88. The minimum Gasteiger partial charge on any atom is -0.453 e.